The molecule has 0 unspecified atom stereocenters. The third-order valence-electron chi connectivity index (χ3n) is 2.58. The first-order valence-corrected chi connectivity index (χ1v) is 4.94. The lowest BCUT2D eigenvalue weighted by Gasteiger charge is -2.28. The van der Waals surface area contributed by atoms with Gasteiger partial charge >= 0.3 is 0 Å². The minimum Gasteiger partial charge on any atom is -0.497 e. The van der Waals surface area contributed by atoms with Gasteiger partial charge in [-0.3, -0.25) is 0 Å². The summed E-state index contributed by atoms with van der Waals surface area (Å²) in [5.41, 5.74) is 0.254. The maximum atomic E-state index is 10.0. The second kappa shape index (κ2) is 4.64. The first-order chi connectivity index (χ1) is 7.01. The molecule has 0 aliphatic carbocycles. The summed E-state index contributed by atoms with van der Waals surface area (Å²) in [4.78, 5) is 0. The van der Waals surface area contributed by atoms with Gasteiger partial charge in [-0.1, -0.05) is 26.0 Å². The Morgan fingerprint density at radius 2 is 1.80 bits per heavy atom. The van der Waals surface area contributed by atoms with Crippen molar-refractivity contribution >= 4 is 0 Å². The summed E-state index contributed by atoms with van der Waals surface area (Å²) in [7, 11) is 1.60. The summed E-state index contributed by atoms with van der Waals surface area (Å²) < 4.78 is 5.03. The Balaban J connectivity index is 2.87. The lowest BCUT2D eigenvalue weighted by atomic mass is 9.83. The van der Waals surface area contributed by atoms with E-state index in [1.54, 1.807) is 31.4 Å². The van der Waals surface area contributed by atoms with Gasteiger partial charge in [-0.25, -0.2) is 0 Å². The molecule has 1 atom stereocenters. The molecule has 1 rings (SSSR count). The van der Waals surface area contributed by atoms with Crippen LogP contribution >= 0.6 is 0 Å². The molecule has 2 N–H and O–H groups in total. The molecule has 0 aliphatic heterocycles. The Kier molecular flexibility index (Phi) is 3.72. The van der Waals surface area contributed by atoms with Gasteiger partial charge in [-0.15, -0.1) is 0 Å². The molecule has 0 heterocycles. The number of ether oxygens (including phenoxy) is 1. The minimum atomic E-state index is -0.673. The topological polar surface area (TPSA) is 49.7 Å². The molecule has 0 bridgehead atoms. The molecule has 0 amide bonds. The van der Waals surface area contributed by atoms with Gasteiger partial charge in [0.1, 0.15) is 5.75 Å². The Hall–Kier alpha value is -1.06. The third kappa shape index (κ3) is 2.70. The molecule has 1 aromatic carbocycles. The fourth-order valence-corrected chi connectivity index (χ4v) is 1.32. The van der Waals surface area contributed by atoms with E-state index in [0.29, 0.717) is 0 Å². The Morgan fingerprint density at radius 1 is 1.27 bits per heavy atom. The van der Waals surface area contributed by atoms with Crippen molar-refractivity contribution in [2.75, 3.05) is 13.7 Å². The molecule has 1 aromatic rings. The summed E-state index contributed by atoms with van der Waals surface area (Å²) >= 11 is 0. The van der Waals surface area contributed by atoms with Crippen LogP contribution in [0.1, 0.15) is 25.5 Å². The van der Waals surface area contributed by atoms with Crippen molar-refractivity contribution in [2.24, 2.45) is 5.41 Å². The monoisotopic (exact) mass is 210 g/mol. The van der Waals surface area contributed by atoms with E-state index >= 15 is 0 Å². The van der Waals surface area contributed by atoms with Gasteiger partial charge in [0.05, 0.1) is 19.8 Å². The molecule has 0 spiro atoms. The molecule has 84 valence electrons. The van der Waals surface area contributed by atoms with Crippen LogP contribution in [0.4, 0.5) is 0 Å². The maximum absolute atomic E-state index is 10.0. The predicted octanol–water partition coefficient (Wildman–Crippen LogP) is 1.75. The number of benzene rings is 1. The molecule has 0 saturated heterocycles. The Morgan fingerprint density at radius 3 is 2.20 bits per heavy atom. The van der Waals surface area contributed by atoms with Crippen LogP contribution in [0.3, 0.4) is 0 Å². The van der Waals surface area contributed by atoms with Crippen LogP contribution in [0.25, 0.3) is 0 Å². The van der Waals surface area contributed by atoms with Crippen molar-refractivity contribution in [3.05, 3.63) is 29.8 Å². The quantitative estimate of drug-likeness (QED) is 0.796. The Labute approximate surface area is 90.3 Å². The number of aliphatic hydroxyl groups excluding tert-OH is 2. The van der Waals surface area contributed by atoms with Crippen molar-refractivity contribution in [1.82, 2.24) is 0 Å². The van der Waals surface area contributed by atoms with Crippen LogP contribution in [0.2, 0.25) is 0 Å². The number of aliphatic hydroxyl groups is 2. The van der Waals surface area contributed by atoms with E-state index in [9.17, 15) is 5.11 Å². The van der Waals surface area contributed by atoms with Crippen LogP contribution in [0.5, 0.6) is 5.75 Å². The first kappa shape index (κ1) is 12.0. The van der Waals surface area contributed by atoms with Crippen molar-refractivity contribution in [3.63, 3.8) is 0 Å². The average molecular weight is 210 g/mol. The second-order valence-corrected chi connectivity index (χ2v) is 4.32. The molecule has 0 aromatic heterocycles. The van der Waals surface area contributed by atoms with Crippen LogP contribution in [0, 0.1) is 5.41 Å². The molecule has 3 heteroatoms. The maximum Gasteiger partial charge on any atom is 0.118 e. The molecular formula is C12H18O3. The second-order valence-electron chi connectivity index (χ2n) is 4.32. The van der Waals surface area contributed by atoms with Gasteiger partial charge in [0.2, 0.25) is 0 Å². The highest BCUT2D eigenvalue weighted by atomic mass is 16.5. The normalized spacial score (nSPS) is 13.7. The summed E-state index contributed by atoms with van der Waals surface area (Å²) in [5, 5.41) is 19.2. The largest absolute Gasteiger partial charge is 0.497 e. The van der Waals surface area contributed by atoms with Crippen LogP contribution in [-0.2, 0) is 0 Å². The molecule has 0 aliphatic rings. The SMILES string of the molecule is COc1ccc([C@@H](O)C(C)(C)CO)cc1. The van der Waals surface area contributed by atoms with E-state index in [2.05, 4.69) is 0 Å². The summed E-state index contributed by atoms with van der Waals surface area (Å²) in [6, 6.07) is 7.21. The van der Waals surface area contributed by atoms with Crippen LogP contribution in [-0.4, -0.2) is 23.9 Å². The minimum absolute atomic E-state index is 0.0554. The highest BCUT2D eigenvalue weighted by Gasteiger charge is 2.28. The fourth-order valence-electron chi connectivity index (χ4n) is 1.32. The van der Waals surface area contributed by atoms with Gasteiger partial charge in [0.15, 0.2) is 0 Å². The van der Waals surface area contributed by atoms with Crippen molar-refractivity contribution in [2.45, 2.75) is 20.0 Å². The van der Waals surface area contributed by atoms with Crippen molar-refractivity contribution < 1.29 is 14.9 Å². The molecule has 0 saturated carbocycles. The smallest absolute Gasteiger partial charge is 0.118 e. The van der Waals surface area contributed by atoms with E-state index in [4.69, 9.17) is 9.84 Å². The molecule has 3 nitrogen and oxygen atoms in total. The number of hydrogen-bond donors (Lipinski definition) is 2. The number of hydrogen-bond acceptors (Lipinski definition) is 3. The predicted molar refractivity (Wildman–Crippen MR) is 58.8 cm³/mol. The third-order valence-corrected chi connectivity index (χ3v) is 2.58. The van der Waals surface area contributed by atoms with E-state index in [1.807, 2.05) is 13.8 Å². The standard InChI is InChI=1S/C12H18O3/c1-12(2,8-13)11(14)9-4-6-10(15-3)7-5-9/h4-7,11,13-14H,8H2,1-3H3/t11-/m1/s1. The van der Waals surface area contributed by atoms with Gasteiger partial charge in [-0.2, -0.15) is 0 Å². The van der Waals surface area contributed by atoms with E-state index in [-0.39, 0.29) is 6.61 Å². The van der Waals surface area contributed by atoms with E-state index in [1.165, 1.54) is 0 Å². The van der Waals surface area contributed by atoms with E-state index < -0.39 is 11.5 Å². The Bertz CT molecular complexity index is 303. The number of rotatable bonds is 4. The zero-order valence-corrected chi connectivity index (χ0v) is 9.40. The highest BCUT2D eigenvalue weighted by molar-refractivity contribution is 5.29. The van der Waals surface area contributed by atoms with Crippen LogP contribution in [0.15, 0.2) is 24.3 Å². The van der Waals surface area contributed by atoms with Crippen molar-refractivity contribution in [3.8, 4) is 5.75 Å². The zero-order chi connectivity index (χ0) is 11.5. The van der Waals surface area contributed by atoms with Crippen molar-refractivity contribution in [1.29, 1.82) is 0 Å². The summed E-state index contributed by atoms with van der Waals surface area (Å²) in [5.74, 6) is 0.757. The zero-order valence-electron chi connectivity index (χ0n) is 9.40. The molecule has 15 heavy (non-hydrogen) atoms. The van der Waals surface area contributed by atoms with Gasteiger partial charge in [0.25, 0.3) is 0 Å². The first-order valence-electron chi connectivity index (χ1n) is 4.94. The molecule has 0 radical (unpaired) electrons. The highest BCUT2D eigenvalue weighted by Crippen LogP contribution is 2.33. The number of methoxy groups -OCH3 is 1. The average Bonchev–Trinajstić information content (AvgIpc) is 2.28. The molecular weight excluding hydrogens is 192 g/mol. The summed E-state index contributed by atoms with van der Waals surface area (Å²) in [6.45, 7) is 3.59. The summed E-state index contributed by atoms with van der Waals surface area (Å²) in [6.07, 6.45) is -0.673. The van der Waals surface area contributed by atoms with E-state index in [0.717, 1.165) is 11.3 Å². The lowest BCUT2D eigenvalue weighted by molar-refractivity contribution is 0.00636. The van der Waals surface area contributed by atoms with Gasteiger partial charge in [0, 0.05) is 5.41 Å². The van der Waals surface area contributed by atoms with Crippen LogP contribution < -0.4 is 4.74 Å². The van der Waals surface area contributed by atoms with Gasteiger partial charge in [-0.05, 0) is 17.7 Å². The fraction of sp³-hybridized carbons (Fsp3) is 0.500. The van der Waals surface area contributed by atoms with Gasteiger partial charge < -0.3 is 14.9 Å². The lowest BCUT2D eigenvalue weighted by Crippen LogP contribution is -2.25. The molecule has 0 fully saturated rings.